The summed E-state index contributed by atoms with van der Waals surface area (Å²) in [6.07, 6.45) is 0.982. The fourth-order valence-corrected chi connectivity index (χ4v) is 2.12. The van der Waals surface area contributed by atoms with E-state index in [2.05, 4.69) is 50.4 Å². The van der Waals surface area contributed by atoms with Gasteiger partial charge in [0.05, 0.1) is 7.11 Å². The van der Waals surface area contributed by atoms with Crippen molar-refractivity contribution in [2.75, 3.05) is 27.7 Å². The van der Waals surface area contributed by atoms with Crippen LogP contribution in [0.2, 0.25) is 0 Å². The molecule has 0 amide bonds. The first-order valence-corrected chi connectivity index (χ1v) is 6.25. The molecule has 102 valence electrons. The van der Waals surface area contributed by atoms with Crippen LogP contribution in [0.4, 0.5) is 0 Å². The molecule has 1 unspecified atom stereocenters. The van der Waals surface area contributed by atoms with Crippen molar-refractivity contribution in [3.63, 3.8) is 0 Å². The zero-order chi connectivity index (χ0) is 13.7. The zero-order valence-electron chi connectivity index (χ0n) is 12.1. The van der Waals surface area contributed by atoms with E-state index in [0.717, 1.165) is 24.3 Å². The highest BCUT2D eigenvalue weighted by Gasteiger charge is 2.14. The number of aryl methyl sites for hydroxylation is 2. The Hall–Kier alpha value is -1.10. The Bertz CT molecular complexity index is 391. The number of hydrogen-bond donors (Lipinski definition) is 2. The van der Waals surface area contributed by atoms with Gasteiger partial charge < -0.3 is 9.64 Å². The Balaban J connectivity index is 2.95. The number of nitrogens with zero attached hydrogens (tertiary/aromatic N) is 1. The van der Waals surface area contributed by atoms with Gasteiger partial charge in [-0.1, -0.05) is 6.07 Å². The lowest BCUT2D eigenvalue weighted by molar-refractivity contribution is 0.362. The first-order chi connectivity index (χ1) is 8.49. The predicted molar refractivity (Wildman–Crippen MR) is 75.7 cm³/mol. The van der Waals surface area contributed by atoms with Crippen molar-refractivity contribution in [1.82, 2.24) is 10.3 Å². The van der Waals surface area contributed by atoms with Crippen LogP contribution in [0, 0.1) is 13.8 Å². The van der Waals surface area contributed by atoms with Crippen LogP contribution < -0.4 is 16.0 Å². The molecular formula is C14H25N3O. The van der Waals surface area contributed by atoms with Gasteiger partial charge in [0.15, 0.2) is 0 Å². The molecule has 0 radical (unpaired) electrons. The van der Waals surface area contributed by atoms with Crippen LogP contribution >= 0.6 is 0 Å². The Kier molecular flexibility index (Phi) is 5.59. The minimum absolute atomic E-state index is 0.178. The van der Waals surface area contributed by atoms with Crippen molar-refractivity contribution in [2.24, 2.45) is 5.84 Å². The molecule has 1 aromatic rings. The molecule has 0 aliphatic rings. The molecule has 0 spiro atoms. The van der Waals surface area contributed by atoms with E-state index >= 15 is 0 Å². The van der Waals surface area contributed by atoms with Gasteiger partial charge in [-0.25, -0.2) is 0 Å². The smallest absolute Gasteiger partial charge is 0.122 e. The molecule has 0 saturated carbocycles. The zero-order valence-corrected chi connectivity index (χ0v) is 12.1. The highest BCUT2D eigenvalue weighted by molar-refractivity contribution is 5.42. The number of hydrogen-bond acceptors (Lipinski definition) is 4. The second-order valence-corrected chi connectivity index (χ2v) is 4.99. The molecule has 3 N–H and O–H groups in total. The lowest BCUT2D eigenvalue weighted by Gasteiger charge is -2.22. The summed E-state index contributed by atoms with van der Waals surface area (Å²) < 4.78 is 5.33. The molecule has 0 aliphatic heterocycles. The number of hydrazine groups is 1. The molecule has 0 aromatic heterocycles. The largest absolute Gasteiger partial charge is 0.496 e. The molecule has 1 rings (SSSR count). The molecule has 0 saturated heterocycles. The van der Waals surface area contributed by atoms with Gasteiger partial charge in [0.2, 0.25) is 0 Å². The molecule has 4 heteroatoms. The van der Waals surface area contributed by atoms with E-state index in [1.54, 1.807) is 7.11 Å². The van der Waals surface area contributed by atoms with Crippen LogP contribution in [0.15, 0.2) is 12.1 Å². The second kappa shape index (κ2) is 6.73. The van der Waals surface area contributed by atoms with Crippen LogP contribution in [-0.2, 0) is 0 Å². The molecule has 18 heavy (non-hydrogen) atoms. The van der Waals surface area contributed by atoms with E-state index in [4.69, 9.17) is 10.6 Å². The number of methoxy groups -OCH3 is 1. The van der Waals surface area contributed by atoms with Crippen molar-refractivity contribution >= 4 is 0 Å². The molecule has 0 heterocycles. The minimum atomic E-state index is 0.178. The Morgan fingerprint density at radius 1 is 1.28 bits per heavy atom. The Morgan fingerprint density at radius 3 is 2.44 bits per heavy atom. The summed E-state index contributed by atoms with van der Waals surface area (Å²) in [4.78, 5) is 2.16. The third kappa shape index (κ3) is 3.70. The summed E-state index contributed by atoms with van der Waals surface area (Å²) in [5.41, 5.74) is 6.51. The SMILES string of the molecule is COc1cc(C)c(C(CCN(C)C)NN)cc1C. The first kappa shape index (κ1) is 15.0. The lowest BCUT2D eigenvalue weighted by Crippen LogP contribution is -2.31. The fraction of sp³-hybridized carbons (Fsp3) is 0.571. The van der Waals surface area contributed by atoms with Gasteiger partial charge in [-0.05, 0) is 63.7 Å². The Morgan fingerprint density at radius 2 is 1.94 bits per heavy atom. The van der Waals surface area contributed by atoms with Crippen LogP contribution in [0.25, 0.3) is 0 Å². The average molecular weight is 251 g/mol. The predicted octanol–water partition coefficient (Wildman–Crippen LogP) is 1.77. The number of nitrogens with one attached hydrogen (secondary N) is 1. The van der Waals surface area contributed by atoms with Crippen molar-refractivity contribution in [1.29, 1.82) is 0 Å². The highest BCUT2D eigenvalue weighted by atomic mass is 16.5. The third-order valence-electron chi connectivity index (χ3n) is 3.23. The monoisotopic (exact) mass is 251 g/mol. The summed E-state index contributed by atoms with van der Waals surface area (Å²) in [7, 11) is 5.84. The van der Waals surface area contributed by atoms with Gasteiger partial charge in [-0.2, -0.15) is 0 Å². The van der Waals surface area contributed by atoms with Crippen molar-refractivity contribution in [3.05, 3.63) is 28.8 Å². The molecule has 1 atom stereocenters. The second-order valence-electron chi connectivity index (χ2n) is 4.99. The van der Waals surface area contributed by atoms with Crippen molar-refractivity contribution < 1.29 is 4.74 Å². The van der Waals surface area contributed by atoms with Gasteiger partial charge >= 0.3 is 0 Å². The van der Waals surface area contributed by atoms with Gasteiger partial charge in [0.1, 0.15) is 5.75 Å². The summed E-state index contributed by atoms with van der Waals surface area (Å²) >= 11 is 0. The number of ether oxygens (including phenoxy) is 1. The highest BCUT2D eigenvalue weighted by Crippen LogP contribution is 2.27. The maximum Gasteiger partial charge on any atom is 0.122 e. The summed E-state index contributed by atoms with van der Waals surface area (Å²) in [6, 6.07) is 4.41. The van der Waals surface area contributed by atoms with E-state index < -0.39 is 0 Å². The molecule has 0 aliphatic carbocycles. The van der Waals surface area contributed by atoms with E-state index in [1.165, 1.54) is 11.1 Å². The minimum Gasteiger partial charge on any atom is -0.496 e. The maximum atomic E-state index is 5.68. The van der Waals surface area contributed by atoms with E-state index in [0.29, 0.717) is 0 Å². The summed E-state index contributed by atoms with van der Waals surface area (Å²) in [6.45, 7) is 5.15. The fourth-order valence-electron chi connectivity index (χ4n) is 2.12. The quantitative estimate of drug-likeness (QED) is 0.597. The topological polar surface area (TPSA) is 50.5 Å². The molecular weight excluding hydrogens is 226 g/mol. The molecule has 1 aromatic carbocycles. The van der Waals surface area contributed by atoms with Crippen LogP contribution in [-0.4, -0.2) is 32.6 Å². The molecule has 0 bridgehead atoms. The maximum absolute atomic E-state index is 5.68. The van der Waals surface area contributed by atoms with Gasteiger partial charge in [-0.15, -0.1) is 0 Å². The van der Waals surface area contributed by atoms with E-state index in [-0.39, 0.29) is 6.04 Å². The van der Waals surface area contributed by atoms with E-state index in [9.17, 15) is 0 Å². The standard InChI is InChI=1S/C14H25N3O/c1-10-9-14(18-5)11(2)8-12(10)13(16-15)6-7-17(3)4/h8-9,13,16H,6-7,15H2,1-5H3. The van der Waals surface area contributed by atoms with Gasteiger partial charge in [0.25, 0.3) is 0 Å². The third-order valence-corrected chi connectivity index (χ3v) is 3.23. The van der Waals surface area contributed by atoms with Gasteiger partial charge in [0, 0.05) is 6.04 Å². The van der Waals surface area contributed by atoms with Crippen molar-refractivity contribution in [3.8, 4) is 5.75 Å². The lowest BCUT2D eigenvalue weighted by atomic mass is 9.96. The van der Waals surface area contributed by atoms with Crippen molar-refractivity contribution in [2.45, 2.75) is 26.3 Å². The van der Waals surface area contributed by atoms with E-state index in [1.807, 2.05) is 0 Å². The van der Waals surface area contributed by atoms with Crippen LogP contribution in [0.1, 0.15) is 29.2 Å². The van der Waals surface area contributed by atoms with Crippen LogP contribution in [0.3, 0.4) is 0 Å². The number of nitrogens with two attached hydrogens (primary N) is 1. The molecule has 4 nitrogen and oxygen atoms in total. The average Bonchev–Trinajstić information content (AvgIpc) is 2.33. The first-order valence-electron chi connectivity index (χ1n) is 6.25. The molecule has 0 fully saturated rings. The number of rotatable bonds is 6. The number of benzene rings is 1. The normalized spacial score (nSPS) is 12.8. The van der Waals surface area contributed by atoms with Gasteiger partial charge in [-0.3, -0.25) is 11.3 Å². The van der Waals surface area contributed by atoms with Crippen LogP contribution in [0.5, 0.6) is 5.75 Å². The summed E-state index contributed by atoms with van der Waals surface area (Å²) in [5, 5.41) is 0. The summed E-state index contributed by atoms with van der Waals surface area (Å²) in [5.74, 6) is 6.61. The Labute approximate surface area is 110 Å².